The van der Waals surface area contributed by atoms with Gasteiger partial charge in [0.2, 0.25) is 0 Å². The molecule has 0 amide bonds. The van der Waals surface area contributed by atoms with Crippen LogP contribution in [0, 0.1) is 11.8 Å². The van der Waals surface area contributed by atoms with Gasteiger partial charge in [0, 0.05) is 5.92 Å². The number of hydrogen-bond donors (Lipinski definition) is 0. The molecule has 1 saturated carbocycles. The van der Waals surface area contributed by atoms with E-state index in [1.807, 2.05) is 6.08 Å². The van der Waals surface area contributed by atoms with Gasteiger partial charge in [-0.25, -0.2) is 0 Å². The molecule has 0 bridgehead atoms. The largest absolute Gasteiger partial charge is 0.373 e. The lowest BCUT2D eigenvalue weighted by atomic mass is 9.83. The fourth-order valence-corrected chi connectivity index (χ4v) is 2.46. The highest BCUT2D eigenvalue weighted by Crippen LogP contribution is 2.43. The molecule has 0 aromatic rings. The fourth-order valence-electron chi connectivity index (χ4n) is 2.46. The van der Waals surface area contributed by atoms with Crippen LogP contribution in [0.5, 0.6) is 0 Å². The van der Waals surface area contributed by atoms with Crippen LogP contribution in [0.4, 0.5) is 0 Å². The molecule has 70 valence electrons. The molecule has 1 heterocycles. The van der Waals surface area contributed by atoms with E-state index in [4.69, 9.17) is 4.74 Å². The number of hydrogen-bond acceptors (Lipinski definition) is 1. The smallest absolute Gasteiger partial charge is 0.0717 e. The van der Waals surface area contributed by atoms with Crippen molar-refractivity contribution in [3.63, 3.8) is 0 Å². The summed E-state index contributed by atoms with van der Waals surface area (Å²) in [4.78, 5) is 0. The summed E-state index contributed by atoms with van der Waals surface area (Å²) >= 11 is 0. The number of allylic oxidation sites excluding steroid dienone is 1. The minimum atomic E-state index is 0.376. The molecule has 2 rings (SSSR count). The van der Waals surface area contributed by atoms with Gasteiger partial charge in [0.05, 0.1) is 12.7 Å². The molecule has 1 nitrogen and oxygen atoms in total. The summed E-state index contributed by atoms with van der Waals surface area (Å²) in [6.45, 7) is 12.6. The molecule has 1 saturated heterocycles. The number of rotatable bonds is 1. The van der Waals surface area contributed by atoms with E-state index in [9.17, 15) is 0 Å². The zero-order valence-electron chi connectivity index (χ0n) is 7.96. The van der Waals surface area contributed by atoms with Crippen LogP contribution >= 0.6 is 0 Å². The highest BCUT2D eigenvalue weighted by molar-refractivity contribution is 5.33. The number of fused-ring (bicyclic) bond motifs is 1. The van der Waals surface area contributed by atoms with Crippen LogP contribution in [-0.2, 0) is 4.74 Å². The molecule has 1 aliphatic heterocycles. The third kappa shape index (κ3) is 1.28. The van der Waals surface area contributed by atoms with Crippen molar-refractivity contribution in [1.29, 1.82) is 0 Å². The van der Waals surface area contributed by atoms with Crippen molar-refractivity contribution in [3.8, 4) is 0 Å². The van der Waals surface area contributed by atoms with Crippen molar-refractivity contribution in [2.24, 2.45) is 11.8 Å². The van der Waals surface area contributed by atoms with Crippen LogP contribution in [0.2, 0.25) is 0 Å². The molecule has 13 heavy (non-hydrogen) atoms. The molecule has 2 aliphatic rings. The van der Waals surface area contributed by atoms with Crippen LogP contribution in [0.25, 0.3) is 0 Å². The van der Waals surface area contributed by atoms with Crippen LogP contribution in [0.3, 0.4) is 0 Å². The maximum absolute atomic E-state index is 5.71. The van der Waals surface area contributed by atoms with E-state index in [0.29, 0.717) is 24.5 Å². The van der Waals surface area contributed by atoms with Gasteiger partial charge in [-0.2, -0.15) is 0 Å². The van der Waals surface area contributed by atoms with Gasteiger partial charge in [0.1, 0.15) is 0 Å². The summed E-state index contributed by atoms with van der Waals surface area (Å²) in [5.41, 5.74) is 2.26. The molecule has 1 aliphatic carbocycles. The van der Waals surface area contributed by atoms with Gasteiger partial charge in [-0.15, -0.1) is 6.58 Å². The number of ether oxygens (including phenoxy) is 1. The van der Waals surface area contributed by atoms with Gasteiger partial charge in [0.15, 0.2) is 0 Å². The molecular formula is C12H16O. The zero-order valence-corrected chi connectivity index (χ0v) is 7.96. The molecule has 2 fully saturated rings. The van der Waals surface area contributed by atoms with Crippen molar-refractivity contribution in [2.75, 3.05) is 6.61 Å². The molecule has 0 N–H and O–H groups in total. The first-order valence-corrected chi connectivity index (χ1v) is 4.85. The summed E-state index contributed by atoms with van der Waals surface area (Å²) < 4.78 is 5.71. The molecule has 0 unspecified atom stereocenters. The van der Waals surface area contributed by atoms with Gasteiger partial charge in [-0.3, -0.25) is 0 Å². The topological polar surface area (TPSA) is 9.23 Å². The predicted octanol–water partition coefficient (Wildman–Crippen LogP) is 2.71. The lowest BCUT2D eigenvalue weighted by molar-refractivity contribution is 0.0330. The first-order chi connectivity index (χ1) is 6.24. The Balaban J connectivity index is 2.23. The summed E-state index contributed by atoms with van der Waals surface area (Å²) in [6, 6.07) is 0. The lowest BCUT2D eigenvalue weighted by Gasteiger charge is -2.32. The second kappa shape index (κ2) is 3.15. The molecule has 0 aromatic carbocycles. The van der Waals surface area contributed by atoms with Crippen LogP contribution in [-0.4, -0.2) is 12.7 Å². The van der Waals surface area contributed by atoms with E-state index >= 15 is 0 Å². The second-order valence-electron chi connectivity index (χ2n) is 3.98. The Morgan fingerprint density at radius 1 is 1.31 bits per heavy atom. The monoisotopic (exact) mass is 176 g/mol. The standard InChI is InChI=1S/C12H16O/c1-4-10-5-6-11-12(10)9(3)8(2)7-13-11/h4,10-12H,1-3,5-7H2/t10-,11+,12+/m0/s1. The Hall–Kier alpha value is -0.820. The SMILES string of the molecule is C=C[C@H]1CC[C@H]2OCC(=C)C(=C)[C@H]12. The lowest BCUT2D eigenvalue weighted by Crippen LogP contribution is -2.30. The molecular weight excluding hydrogens is 160 g/mol. The molecule has 3 atom stereocenters. The Labute approximate surface area is 79.8 Å². The Morgan fingerprint density at radius 3 is 2.77 bits per heavy atom. The fraction of sp³-hybridized carbons (Fsp3) is 0.500. The second-order valence-corrected chi connectivity index (χ2v) is 3.98. The van der Waals surface area contributed by atoms with Crippen LogP contribution in [0.1, 0.15) is 12.8 Å². The molecule has 0 spiro atoms. The first-order valence-electron chi connectivity index (χ1n) is 4.85. The van der Waals surface area contributed by atoms with Crippen LogP contribution in [0.15, 0.2) is 37.0 Å². The Bertz CT molecular complexity index is 264. The Kier molecular flexibility index (Phi) is 2.12. The van der Waals surface area contributed by atoms with E-state index in [2.05, 4.69) is 19.7 Å². The summed E-state index contributed by atoms with van der Waals surface area (Å²) in [6.07, 6.45) is 4.75. The molecule has 1 heteroatoms. The highest BCUT2D eigenvalue weighted by atomic mass is 16.5. The van der Waals surface area contributed by atoms with E-state index in [1.165, 1.54) is 12.0 Å². The summed E-state index contributed by atoms with van der Waals surface area (Å²) in [5, 5.41) is 0. The third-order valence-electron chi connectivity index (χ3n) is 3.28. The van der Waals surface area contributed by atoms with Gasteiger partial charge in [-0.1, -0.05) is 19.2 Å². The van der Waals surface area contributed by atoms with Crippen molar-refractivity contribution >= 4 is 0 Å². The van der Waals surface area contributed by atoms with Crippen molar-refractivity contribution in [1.82, 2.24) is 0 Å². The van der Waals surface area contributed by atoms with Gasteiger partial charge >= 0.3 is 0 Å². The van der Waals surface area contributed by atoms with E-state index in [0.717, 1.165) is 12.0 Å². The minimum absolute atomic E-state index is 0.376. The molecule has 0 radical (unpaired) electrons. The first kappa shape index (κ1) is 8.76. The minimum Gasteiger partial charge on any atom is -0.373 e. The maximum Gasteiger partial charge on any atom is 0.0717 e. The van der Waals surface area contributed by atoms with E-state index in [1.54, 1.807) is 0 Å². The Morgan fingerprint density at radius 2 is 2.08 bits per heavy atom. The van der Waals surface area contributed by atoms with Crippen LogP contribution < -0.4 is 0 Å². The average molecular weight is 176 g/mol. The van der Waals surface area contributed by atoms with Crippen molar-refractivity contribution < 1.29 is 4.74 Å². The zero-order chi connectivity index (χ0) is 9.42. The quantitative estimate of drug-likeness (QED) is 0.558. The van der Waals surface area contributed by atoms with E-state index in [-0.39, 0.29) is 0 Å². The maximum atomic E-state index is 5.71. The summed E-state index contributed by atoms with van der Waals surface area (Å²) in [7, 11) is 0. The van der Waals surface area contributed by atoms with Gasteiger partial charge in [0.25, 0.3) is 0 Å². The van der Waals surface area contributed by atoms with Crippen molar-refractivity contribution in [3.05, 3.63) is 37.0 Å². The van der Waals surface area contributed by atoms with Crippen molar-refractivity contribution in [2.45, 2.75) is 18.9 Å². The van der Waals surface area contributed by atoms with E-state index < -0.39 is 0 Å². The summed E-state index contributed by atoms with van der Waals surface area (Å²) in [5.74, 6) is 1.01. The highest BCUT2D eigenvalue weighted by Gasteiger charge is 2.40. The van der Waals surface area contributed by atoms with Gasteiger partial charge < -0.3 is 4.74 Å². The predicted molar refractivity (Wildman–Crippen MR) is 54.4 cm³/mol. The molecule has 0 aromatic heterocycles. The third-order valence-corrected chi connectivity index (χ3v) is 3.28. The average Bonchev–Trinajstić information content (AvgIpc) is 2.55. The van der Waals surface area contributed by atoms with Gasteiger partial charge in [-0.05, 0) is 29.9 Å². The normalized spacial score (nSPS) is 38.9.